The van der Waals surface area contributed by atoms with Crippen molar-refractivity contribution >= 4 is 5.91 Å². The first-order chi connectivity index (χ1) is 13.9. The van der Waals surface area contributed by atoms with E-state index >= 15 is 0 Å². The Balaban J connectivity index is 1.82. The fourth-order valence-corrected chi connectivity index (χ4v) is 3.00. The monoisotopic (exact) mass is 395 g/mol. The molecule has 0 aliphatic carbocycles. The summed E-state index contributed by atoms with van der Waals surface area (Å²) >= 11 is 0. The first-order valence-electron chi connectivity index (χ1n) is 9.15. The van der Waals surface area contributed by atoms with Crippen molar-refractivity contribution < 1.29 is 13.9 Å². The molecule has 2 aromatic carbocycles. The van der Waals surface area contributed by atoms with Crippen molar-refractivity contribution in [3.63, 3.8) is 0 Å². The first kappa shape index (κ1) is 20.3. The summed E-state index contributed by atoms with van der Waals surface area (Å²) in [5, 5.41) is 2.88. The molecule has 7 heteroatoms. The largest absolute Gasteiger partial charge is 0.497 e. The number of nitrogens with one attached hydrogen (secondary N) is 1. The second-order valence-corrected chi connectivity index (χ2v) is 6.71. The minimum absolute atomic E-state index is 0.195. The topological polar surface area (TPSA) is 73.2 Å². The summed E-state index contributed by atoms with van der Waals surface area (Å²) in [6.45, 7) is 3.36. The number of aryl methyl sites for hydroxylation is 1. The molecule has 0 aliphatic rings. The number of benzene rings is 2. The number of rotatable bonds is 6. The molecule has 0 spiro atoms. The zero-order valence-electron chi connectivity index (χ0n) is 16.5. The number of carbonyl (C=O) groups excluding carboxylic acids is 1. The van der Waals surface area contributed by atoms with Crippen molar-refractivity contribution in [2.24, 2.45) is 0 Å². The number of methoxy groups -OCH3 is 1. The molecule has 3 aromatic rings. The lowest BCUT2D eigenvalue weighted by Gasteiger charge is -2.17. The Hall–Kier alpha value is -3.48. The Kier molecular flexibility index (Phi) is 6.07. The van der Waals surface area contributed by atoms with Crippen LogP contribution in [-0.2, 0) is 11.3 Å². The molecule has 0 radical (unpaired) electrons. The van der Waals surface area contributed by atoms with E-state index in [9.17, 15) is 14.0 Å². The second kappa shape index (κ2) is 8.68. The normalized spacial score (nSPS) is 11.7. The van der Waals surface area contributed by atoms with E-state index in [0.717, 1.165) is 11.3 Å². The van der Waals surface area contributed by atoms with Crippen molar-refractivity contribution in [2.75, 3.05) is 7.11 Å². The summed E-state index contributed by atoms with van der Waals surface area (Å²) < 4.78 is 19.7. The fraction of sp³-hybridized carbons (Fsp3) is 0.227. The van der Waals surface area contributed by atoms with Crippen LogP contribution in [0, 0.1) is 12.7 Å². The van der Waals surface area contributed by atoms with Crippen LogP contribution < -0.4 is 15.6 Å². The van der Waals surface area contributed by atoms with Crippen LogP contribution in [0.3, 0.4) is 0 Å². The Morgan fingerprint density at radius 1 is 1.17 bits per heavy atom. The van der Waals surface area contributed by atoms with Gasteiger partial charge in [0.2, 0.25) is 5.91 Å². The molecule has 6 nitrogen and oxygen atoms in total. The summed E-state index contributed by atoms with van der Waals surface area (Å²) in [6.07, 6.45) is 0. The van der Waals surface area contributed by atoms with Gasteiger partial charge in [-0.2, -0.15) is 0 Å². The van der Waals surface area contributed by atoms with Crippen molar-refractivity contribution in [2.45, 2.75) is 26.4 Å². The number of hydrogen-bond donors (Lipinski definition) is 1. The van der Waals surface area contributed by atoms with Crippen molar-refractivity contribution in [1.29, 1.82) is 0 Å². The number of ether oxygens (including phenoxy) is 1. The maximum Gasteiger partial charge on any atom is 0.254 e. The van der Waals surface area contributed by atoms with E-state index in [0.29, 0.717) is 17.1 Å². The Morgan fingerprint density at radius 3 is 2.45 bits per heavy atom. The van der Waals surface area contributed by atoms with Crippen LogP contribution in [0.15, 0.2) is 59.4 Å². The second-order valence-electron chi connectivity index (χ2n) is 6.71. The minimum Gasteiger partial charge on any atom is -0.497 e. The molecule has 0 saturated heterocycles. The molecule has 29 heavy (non-hydrogen) atoms. The molecule has 150 valence electrons. The average molecular weight is 395 g/mol. The molecular formula is C22H22FN3O3. The third-order valence-electron chi connectivity index (χ3n) is 4.53. The van der Waals surface area contributed by atoms with E-state index in [1.807, 2.05) is 31.2 Å². The molecule has 0 saturated carbocycles. The van der Waals surface area contributed by atoms with Gasteiger partial charge in [-0.3, -0.25) is 14.2 Å². The minimum atomic E-state index is -0.388. The number of amides is 1. The van der Waals surface area contributed by atoms with Gasteiger partial charge < -0.3 is 10.1 Å². The van der Waals surface area contributed by atoms with E-state index in [2.05, 4.69) is 10.3 Å². The summed E-state index contributed by atoms with van der Waals surface area (Å²) in [4.78, 5) is 29.5. The lowest BCUT2D eigenvalue weighted by Crippen LogP contribution is -2.34. The van der Waals surface area contributed by atoms with E-state index in [4.69, 9.17) is 4.74 Å². The average Bonchev–Trinajstić information content (AvgIpc) is 2.70. The van der Waals surface area contributed by atoms with Crippen LogP contribution >= 0.6 is 0 Å². The van der Waals surface area contributed by atoms with E-state index < -0.39 is 0 Å². The molecular weight excluding hydrogens is 373 g/mol. The van der Waals surface area contributed by atoms with Gasteiger partial charge in [0, 0.05) is 17.3 Å². The summed E-state index contributed by atoms with van der Waals surface area (Å²) in [6, 6.07) is 14.1. The van der Waals surface area contributed by atoms with Gasteiger partial charge in [-0.15, -0.1) is 0 Å². The Labute approximate surface area is 168 Å². The predicted octanol–water partition coefficient (Wildman–Crippen LogP) is 3.24. The third-order valence-corrected chi connectivity index (χ3v) is 4.53. The van der Waals surface area contributed by atoms with Crippen LogP contribution in [0.1, 0.15) is 24.2 Å². The van der Waals surface area contributed by atoms with E-state index in [1.54, 1.807) is 14.0 Å². The third kappa shape index (κ3) is 4.87. The van der Waals surface area contributed by atoms with Gasteiger partial charge in [0.05, 0.1) is 13.2 Å². The van der Waals surface area contributed by atoms with Gasteiger partial charge >= 0.3 is 0 Å². The summed E-state index contributed by atoms with van der Waals surface area (Å²) in [7, 11) is 1.59. The molecule has 1 aromatic heterocycles. The Bertz CT molecular complexity index is 1060. The van der Waals surface area contributed by atoms with Crippen LogP contribution in [0.2, 0.25) is 0 Å². The highest BCUT2D eigenvalue weighted by Gasteiger charge is 2.15. The molecule has 0 unspecified atom stereocenters. The van der Waals surface area contributed by atoms with Gasteiger partial charge in [-0.1, -0.05) is 12.1 Å². The van der Waals surface area contributed by atoms with Crippen LogP contribution in [0.4, 0.5) is 4.39 Å². The quantitative estimate of drug-likeness (QED) is 0.695. The van der Waals surface area contributed by atoms with Gasteiger partial charge in [-0.05, 0) is 55.8 Å². The van der Waals surface area contributed by atoms with Gasteiger partial charge in [0.15, 0.2) is 0 Å². The predicted molar refractivity (Wildman–Crippen MR) is 108 cm³/mol. The van der Waals surface area contributed by atoms with Crippen LogP contribution in [0.5, 0.6) is 5.75 Å². The first-order valence-corrected chi connectivity index (χ1v) is 9.15. The van der Waals surface area contributed by atoms with Crippen molar-refractivity contribution in [3.05, 3.63) is 82.0 Å². The number of halogens is 1. The zero-order valence-corrected chi connectivity index (χ0v) is 16.5. The molecule has 1 heterocycles. The molecule has 1 atom stereocenters. The lowest BCUT2D eigenvalue weighted by atomic mass is 10.1. The number of aromatic nitrogens is 2. The van der Waals surface area contributed by atoms with E-state index in [-0.39, 0.29) is 29.9 Å². The maximum absolute atomic E-state index is 13.3. The molecule has 1 N–H and O–H groups in total. The summed E-state index contributed by atoms with van der Waals surface area (Å²) in [5.74, 6) is 0.335. The number of nitrogens with zero attached hydrogens (tertiary/aromatic N) is 2. The fourth-order valence-electron chi connectivity index (χ4n) is 3.00. The van der Waals surface area contributed by atoms with Crippen LogP contribution in [0.25, 0.3) is 11.4 Å². The highest BCUT2D eigenvalue weighted by Crippen LogP contribution is 2.19. The zero-order chi connectivity index (χ0) is 21.0. The highest BCUT2D eigenvalue weighted by atomic mass is 19.1. The molecule has 3 rings (SSSR count). The summed E-state index contributed by atoms with van der Waals surface area (Å²) in [5.41, 5.74) is 1.65. The van der Waals surface area contributed by atoms with Crippen molar-refractivity contribution in [3.8, 4) is 17.1 Å². The molecule has 0 aliphatic heterocycles. The molecule has 1 amide bonds. The van der Waals surface area contributed by atoms with Crippen molar-refractivity contribution in [1.82, 2.24) is 14.9 Å². The SMILES string of the molecule is COc1ccc([C@H](C)NC(=O)Cn2c(-c3ccc(F)cc3)nc(C)cc2=O)cc1. The van der Waals surface area contributed by atoms with E-state index in [1.165, 1.54) is 34.9 Å². The van der Waals surface area contributed by atoms with Gasteiger partial charge in [0.25, 0.3) is 5.56 Å². The Morgan fingerprint density at radius 2 is 1.83 bits per heavy atom. The van der Waals surface area contributed by atoms with Crippen LogP contribution in [-0.4, -0.2) is 22.6 Å². The number of carbonyl (C=O) groups is 1. The molecule has 0 bridgehead atoms. The maximum atomic E-state index is 13.3. The smallest absolute Gasteiger partial charge is 0.254 e. The molecule has 0 fully saturated rings. The standard InChI is InChI=1S/C22H22FN3O3/c1-14-12-21(28)26(22(24-14)17-4-8-18(23)9-5-17)13-20(27)25-15(2)16-6-10-19(29-3)11-7-16/h4-12,15H,13H2,1-3H3,(H,25,27)/t15-/m0/s1. The number of hydrogen-bond acceptors (Lipinski definition) is 4. The lowest BCUT2D eigenvalue weighted by molar-refractivity contribution is -0.122. The highest BCUT2D eigenvalue weighted by molar-refractivity contribution is 5.77. The van der Waals surface area contributed by atoms with Gasteiger partial charge in [-0.25, -0.2) is 9.37 Å². The van der Waals surface area contributed by atoms with Gasteiger partial charge in [0.1, 0.15) is 23.9 Å².